The number of amides is 1. The largest absolute Gasteiger partial charge is 0.379 e. The minimum Gasteiger partial charge on any atom is -0.379 e. The van der Waals surface area contributed by atoms with Gasteiger partial charge in [0.15, 0.2) is 0 Å². The molecule has 1 heterocycles. The third-order valence-electron chi connectivity index (χ3n) is 5.15. The number of ether oxygens (including phenoxy) is 1. The second-order valence-corrected chi connectivity index (χ2v) is 7.22. The zero-order valence-corrected chi connectivity index (χ0v) is 16.2. The quantitative estimate of drug-likeness (QED) is 0.777. The standard InChI is InChI=1S/C23H30N2O2/c1-19-10-12-21(13-11-19)22(25-14-16-27-17-15-25)18-24-23(26)9-5-8-20-6-3-2-4-7-20/h2-4,6-7,10-13,22H,5,8-9,14-18H2,1H3,(H,24,26). The molecule has 0 aromatic heterocycles. The maximum atomic E-state index is 12.4. The van der Waals surface area contributed by atoms with Gasteiger partial charge in [-0.3, -0.25) is 9.69 Å². The Morgan fingerprint density at radius 1 is 1.07 bits per heavy atom. The van der Waals surface area contributed by atoms with E-state index < -0.39 is 0 Å². The first kappa shape index (κ1) is 19.6. The van der Waals surface area contributed by atoms with E-state index in [-0.39, 0.29) is 11.9 Å². The Hall–Kier alpha value is -2.17. The first-order chi connectivity index (χ1) is 13.2. The number of carbonyl (C=O) groups excluding carboxylic acids is 1. The SMILES string of the molecule is Cc1ccc(C(CNC(=O)CCCc2ccccc2)N2CCOCC2)cc1. The van der Waals surface area contributed by atoms with Crippen LogP contribution < -0.4 is 5.32 Å². The van der Waals surface area contributed by atoms with Crippen molar-refractivity contribution in [2.24, 2.45) is 0 Å². The Bertz CT molecular complexity index is 694. The van der Waals surface area contributed by atoms with Crippen molar-refractivity contribution < 1.29 is 9.53 Å². The van der Waals surface area contributed by atoms with Crippen LogP contribution in [0.4, 0.5) is 0 Å². The molecule has 0 aliphatic carbocycles. The summed E-state index contributed by atoms with van der Waals surface area (Å²) in [7, 11) is 0. The van der Waals surface area contributed by atoms with Gasteiger partial charge in [-0.25, -0.2) is 0 Å². The zero-order chi connectivity index (χ0) is 18.9. The highest BCUT2D eigenvalue weighted by molar-refractivity contribution is 5.75. The summed E-state index contributed by atoms with van der Waals surface area (Å²) < 4.78 is 5.50. The lowest BCUT2D eigenvalue weighted by molar-refractivity contribution is -0.121. The Labute approximate surface area is 162 Å². The Morgan fingerprint density at radius 3 is 2.48 bits per heavy atom. The van der Waals surface area contributed by atoms with E-state index >= 15 is 0 Å². The summed E-state index contributed by atoms with van der Waals surface area (Å²) in [5, 5.41) is 3.16. The lowest BCUT2D eigenvalue weighted by Gasteiger charge is -2.35. The van der Waals surface area contributed by atoms with Crippen LogP contribution in [0.25, 0.3) is 0 Å². The molecule has 4 nitrogen and oxygen atoms in total. The summed E-state index contributed by atoms with van der Waals surface area (Å²) in [6, 6.07) is 19.2. The van der Waals surface area contributed by atoms with E-state index in [4.69, 9.17) is 4.74 Å². The molecule has 1 fully saturated rings. The third kappa shape index (κ3) is 6.19. The first-order valence-electron chi connectivity index (χ1n) is 9.91. The van der Waals surface area contributed by atoms with Crippen LogP contribution in [-0.4, -0.2) is 43.7 Å². The lowest BCUT2D eigenvalue weighted by Crippen LogP contribution is -2.43. The normalized spacial score (nSPS) is 16.0. The number of rotatable bonds is 8. The van der Waals surface area contributed by atoms with Gasteiger partial charge in [-0.1, -0.05) is 60.2 Å². The summed E-state index contributed by atoms with van der Waals surface area (Å²) >= 11 is 0. The van der Waals surface area contributed by atoms with Crippen molar-refractivity contribution in [1.82, 2.24) is 10.2 Å². The van der Waals surface area contributed by atoms with Crippen molar-refractivity contribution in [3.63, 3.8) is 0 Å². The van der Waals surface area contributed by atoms with E-state index in [2.05, 4.69) is 53.5 Å². The number of aryl methyl sites for hydroxylation is 2. The molecule has 0 radical (unpaired) electrons. The predicted octanol–water partition coefficient (Wildman–Crippen LogP) is 3.51. The monoisotopic (exact) mass is 366 g/mol. The Balaban J connectivity index is 1.52. The van der Waals surface area contributed by atoms with Crippen LogP contribution in [0.1, 0.15) is 35.6 Å². The summed E-state index contributed by atoms with van der Waals surface area (Å²) in [5.41, 5.74) is 3.80. The fourth-order valence-electron chi connectivity index (χ4n) is 3.53. The fraction of sp³-hybridized carbons (Fsp3) is 0.435. The van der Waals surface area contributed by atoms with Gasteiger partial charge in [0.25, 0.3) is 0 Å². The zero-order valence-electron chi connectivity index (χ0n) is 16.2. The maximum absolute atomic E-state index is 12.4. The van der Waals surface area contributed by atoms with Crippen LogP contribution in [0, 0.1) is 6.92 Å². The van der Waals surface area contributed by atoms with Crippen molar-refractivity contribution >= 4 is 5.91 Å². The van der Waals surface area contributed by atoms with E-state index in [9.17, 15) is 4.79 Å². The molecule has 4 heteroatoms. The molecule has 1 aliphatic heterocycles. The topological polar surface area (TPSA) is 41.6 Å². The molecule has 1 saturated heterocycles. The number of hydrogen-bond acceptors (Lipinski definition) is 3. The van der Waals surface area contributed by atoms with Crippen LogP contribution >= 0.6 is 0 Å². The van der Waals surface area contributed by atoms with E-state index in [1.54, 1.807) is 0 Å². The molecule has 1 aliphatic rings. The van der Waals surface area contributed by atoms with Gasteiger partial charge in [-0.15, -0.1) is 0 Å². The van der Waals surface area contributed by atoms with Crippen molar-refractivity contribution in [3.8, 4) is 0 Å². The molecule has 144 valence electrons. The van der Waals surface area contributed by atoms with Gasteiger partial charge in [0.1, 0.15) is 0 Å². The average molecular weight is 367 g/mol. The molecule has 1 unspecified atom stereocenters. The van der Waals surface area contributed by atoms with Gasteiger partial charge in [-0.05, 0) is 30.9 Å². The highest BCUT2D eigenvalue weighted by atomic mass is 16.5. The Morgan fingerprint density at radius 2 is 1.78 bits per heavy atom. The van der Waals surface area contributed by atoms with E-state index in [0.717, 1.165) is 39.1 Å². The molecule has 0 bridgehead atoms. The highest BCUT2D eigenvalue weighted by Crippen LogP contribution is 2.22. The summed E-state index contributed by atoms with van der Waals surface area (Å²) in [4.78, 5) is 14.8. The van der Waals surface area contributed by atoms with Crippen LogP contribution in [0.15, 0.2) is 54.6 Å². The number of nitrogens with zero attached hydrogens (tertiary/aromatic N) is 1. The molecular formula is C23H30N2O2. The second-order valence-electron chi connectivity index (χ2n) is 7.22. The molecule has 1 amide bonds. The van der Waals surface area contributed by atoms with Crippen LogP contribution in [-0.2, 0) is 16.0 Å². The number of morpholine rings is 1. The van der Waals surface area contributed by atoms with Gasteiger partial charge in [0, 0.05) is 26.1 Å². The van der Waals surface area contributed by atoms with Gasteiger partial charge in [-0.2, -0.15) is 0 Å². The molecule has 27 heavy (non-hydrogen) atoms. The van der Waals surface area contributed by atoms with Crippen molar-refractivity contribution in [1.29, 1.82) is 0 Å². The number of benzene rings is 2. The lowest BCUT2D eigenvalue weighted by atomic mass is 10.0. The summed E-state index contributed by atoms with van der Waals surface area (Å²) in [6.45, 7) is 6.07. The maximum Gasteiger partial charge on any atom is 0.220 e. The molecular weight excluding hydrogens is 336 g/mol. The van der Waals surface area contributed by atoms with E-state index in [0.29, 0.717) is 13.0 Å². The number of hydrogen-bond donors (Lipinski definition) is 1. The number of nitrogens with one attached hydrogen (secondary N) is 1. The first-order valence-corrected chi connectivity index (χ1v) is 9.91. The molecule has 1 atom stereocenters. The van der Waals surface area contributed by atoms with Gasteiger partial charge >= 0.3 is 0 Å². The van der Waals surface area contributed by atoms with Gasteiger partial charge in [0.2, 0.25) is 5.91 Å². The van der Waals surface area contributed by atoms with Crippen LogP contribution in [0.5, 0.6) is 0 Å². The van der Waals surface area contributed by atoms with Crippen LogP contribution in [0.3, 0.4) is 0 Å². The van der Waals surface area contributed by atoms with Crippen molar-refractivity contribution in [3.05, 3.63) is 71.3 Å². The summed E-state index contributed by atoms with van der Waals surface area (Å²) in [5.74, 6) is 0.135. The van der Waals surface area contributed by atoms with Crippen molar-refractivity contribution in [2.75, 3.05) is 32.8 Å². The van der Waals surface area contributed by atoms with E-state index in [1.165, 1.54) is 16.7 Å². The molecule has 2 aromatic carbocycles. The smallest absolute Gasteiger partial charge is 0.220 e. The summed E-state index contributed by atoms with van der Waals surface area (Å²) in [6.07, 6.45) is 2.39. The van der Waals surface area contributed by atoms with Gasteiger partial charge < -0.3 is 10.1 Å². The Kier molecular flexibility index (Phi) is 7.43. The third-order valence-corrected chi connectivity index (χ3v) is 5.15. The highest BCUT2D eigenvalue weighted by Gasteiger charge is 2.23. The molecule has 0 spiro atoms. The van der Waals surface area contributed by atoms with Gasteiger partial charge in [0.05, 0.1) is 19.3 Å². The number of carbonyl (C=O) groups is 1. The minimum absolute atomic E-state index is 0.135. The molecule has 3 rings (SSSR count). The average Bonchev–Trinajstić information content (AvgIpc) is 2.71. The fourth-order valence-corrected chi connectivity index (χ4v) is 3.53. The molecule has 2 aromatic rings. The second kappa shape index (κ2) is 10.2. The van der Waals surface area contributed by atoms with E-state index in [1.807, 2.05) is 18.2 Å². The van der Waals surface area contributed by atoms with Crippen LogP contribution in [0.2, 0.25) is 0 Å². The van der Waals surface area contributed by atoms with Crippen molar-refractivity contribution in [2.45, 2.75) is 32.2 Å². The minimum atomic E-state index is 0.135. The molecule has 1 N–H and O–H groups in total. The predicted molar refractivity (Wildman–Crippen MR) is 109 cm³/mol. The molecule has 0 saturated carbocycles.